The summed E-state index contributed by atoms with van der Waals surface area (Å²) in [6.07, 6.45) is 0. The van der Waals surface area contributed by atoms with Crippen LogP contribution in [-0.4, -0.2) is 37.3 Å². The van der Waals surface area contributed by atoms with E-state index < -0.39 is 0 Å². The lowest BCUT2D eigenvalue weighted by molar-refractivity contribution is 0.243. The molecule has 0 aliphatic heterocycles. The molecule has 0 aliphatic rings. The molecule has 0 unspecified atom stereocenters. The smallest absolute Gasteiger partial charge is 0.0558 e. The van der Waals surface area contributed by atoms with Crippen molar-refractivity contribution in [2.24, 2.45) is 11.7 Å². The summed E-state index contributed by atoms with van der Waals surface area (Å²) in [5, 5.41) is 8.20. The van der Waals surface area contributed by atoms with Crippen molar-refractivity contribution in [1.29, 1.82) is 0 Å². The van der Waals surface area contributed by atoms with Crippen LogP contribution in [0.5, 0.6) is 0 Å². The van der Waals surface area contributed by atoms with Gasteiger partial charge in [-0.2, -0.15) is 0 Å². The third-order valence-corrected chi connectivity index (χ3v) is 0.547. The zero-order valence-electron chi connectivity index (χ0n) is 5.46. The minimum atomic E-state index is 0.257. The van der Waals surface area contributed by atoms with Crippen molar-refractivity contribution in [3.63, 3.8) is 0 Å². The maximum absolute atomic E-state index is 8.20. The summed E-state index contributed by atoms with van der Waals surface area (Å²) < 4.78 is 0. The minimum Gasteiger partial charge on any atom is -0.395 e. The number of hydrogen-bond donors (Lipinski definition) is 3. The summed E-state index contributed by atoms with van der Waals surface area (Å²) in [5.74, 6) is 8.00. The van der Waals surface area contributed by atoms with Gasteiger partial charge in [-0.05, 0) is 14.1 Å². The van der Waals surface area contributed by atoms with E-state index in [-0.39, 0.29) is 6.61 Å². The van der Waals surface area contributed by atoms with E-state index in [0.29, 0.717) is 0 Å². The number of hydrogen-bond acceptors (Lipinski definition) is 4. The van der Waals surface area contributed by atoms with E-state index >= 15 is 0 Å². The van der Waals surface area contributed by atoms with Crippen molar-refractivity contribution in [1.82, 2.24) is 4.90 Å². The molecule has 5 N–H and O–H groups in total. The lowest BCUT2D eigenvalue weighted by Crippen LogP contribution is -2.15. The molecule has 0 amide bonds. The average Bonchev–Trinajstić information content (AvgIpc) is 1.72. The lowest BCUT2D eigenvalue weighted by Gasteiger charge is -2.03. The van der Waals surface area contributed by atoms with Crippen LogP contribution in [-0.2, 0) is 0 Å². The fourth-order valence-corrected chi connectivity index (χ4v) is 0.200. The van der Waals surface area contributed by atoms with Gasteiger partial charge in [0.2, 0.25) is 0 Å². The predicted octanol–water partition coefficient (Wildman–Crippen LogP) is -1.64. The normalized spacial score (nSPS) is 8.25. The molecular formula is C4H15N3O. The fourth-order valence-electron chi connectivity index (χ4n) is 0.200. The largest absolute Gasteiger partial charge is 0.395 e. The lowest BCUT2D eigenvalue weighted by atomic mass is 10.6. The van der Waals surface area contributed by atoms with Gasteiger partial charge in [0.05, 0.1) is 6.61 Å². The Kier molecular flexibility index (Phi) is 13.4. The number of rotatable bonds is 2. The van der Waals surface area contributed by atoms with Crippen molar-refractivity contribution in [2.45, 2.75) is 0 Å². The van der Waals surface area contributed by atoms with Crippen molar-refractivity contribution in [2.75, 3.05) is 27.2 Å². The molecule has 0 saturated heterocycles. The SMILES string of the molecule is CN(C)CCO.NN. The molecule has 0 aromatic rings. The number of aliphatic hydroxyl groups excluding tert-OH is 1. The van der Waals surface area contributed by atoms with Gasteiger partial charge in [0.25, 0.3) is 0 Å². The second kappa shape index (κ2) is 9.96. The molecule has 0 spiro atoms. The Bertz CT molecular complexity index is 32.5. The Morgan fingerprint density at radius 2 is 1.75 bits per heavy atom. The summed E-state index contributed by atoms with van der Waals surface area (Å²) >= 11 is 0. The predicted molar refractivity (Wildman–Crippen MR) is 34.0 cm³/mol. The van der Waals surface area contributed by atoms with Gasteiger partial charge in [0.1, 0.15) is 0 Å². The second-order valence-corrected chi connectivity index (χ2v) is 1.53. The molecule has 52 valence electrons. The number of hydrazine groups is 1. The molecule has 0 aromatic carbocycles. The zero-order chi connectivity index (χ0) is 6.99. The maximum atomic E-state index is 8.20. The molecule has 0 aromatic heterocycles. The third kappa shape index (κ3) is 17.0. The average molecular weight is 121 g/mol. The van der Waals surface area contributed by atoms with Gasteiger partial charge < -0.3 is 10.0 Å². The van der Waals surface area contributed by atoms with Crippen LogP contribution in [0.3, 0.4) is 0 Å². The highest BCUT2D eigenvalue weighted by Crippen LogP contribution is 1.66. The van der Waals surface area contributed by atoms with Crippen molar-refractivity contribution in [3.05, 3.63) is 0 Å². The van der Waals surface area contributed by atoms with Crippen molar-refractivity contribution < 1.29 is 5.11 Å². The van der Waals surface area contributed by atoms with Gasteiger partial charge in [-0.1, -0.05) is 0 Å². The van der Waals surface area contributed by atoms with Gasteiger partial charge in [0.15, 0.2) is 0 Å². The summed E-state index contributed by atoms with van der Waals surface area (Å²) in [5.41, 5.74) is 0. The van der Waals surface area contributed by atoms with Crippen LogP contribution in [0.15, 0.2) is 0 Å². The highest BCUT2D eigenvalue weighted by Gasteiger charge is 1.80. The minimum absolute atomic E-state index is 0.257. The Morgan fingerprint density at radius 1 is 1.38 bits per heavy atom. The first-order valence-electron chi connectivity index (χ1n) is 2.36. The Balaban J connectivity index is 0. The standard InChI is InChI=1S/C4H11NO.H4N2/c1-5(2)3-4-6;1-2/h6H,3-4H2,1-2H3;1-2H2. The molecule has 0 heterocycles. The highest BCUT2D eigenvalue weighted by molar-refractivity contribution is 4.34. The molecule has 0 atom stereocenters. The van der Waals surface area contributed by atoms with E-state index in [4.69, 9.17) is 5.11 Å². The number of likely N-dealkylation sites (N-methyl/N-ethyl adjacent to an activating group) is 1. The molecular weight excluding hydrogens is 106 g/mol. The van der Waals surface area contributed by atoms with Gasteiger partial charge in [0, 0.05) is 6.54 Å². The van der Waals surface area contributed by atoms with Gasteiger partial charge in [-0.25, -0.2) is 0 Å². The van der Waals surface area contributed by atoms with Crippen molar-refractivity contribution in [3.8, 4) is 0 Å². The quantitative estimate of drug-likeness (QED) is 0.302. The Hall–Kier alpha value is -0.160. The first-order valence-corrected chi connectivity index (χ1v) is 2.36. The van der Waals surface area contributed by atoms with E-state index in [1.807, 2.05) is 19.0 Å². The van der Waals surface area contributed by atoms with E-state index in [0.717, 1.165) is 6.54 Å². The van der Waals surface area contributed by atoms with Gasteiger partial charge in [-0.3, -0.25) is 11.7 Å². The van der Waals surface area contributed by atoms with Gasteiger partial charge >= 0.3 is 0 Å². The summed E-state index contributed by atoms with van der Waals surface area (Å²) in [4.78, 5) is 1.93. The highest BCUT2D eigenvalue weighted by atomic mass is 16.3. The summed E-state index contributed by atoms with van der Waals surface area (Å²) in [6, 6.07) is 0. The molecule has 0 fully saturated rings. The Labute approximate surface area is 50.0 Å². The fraction of sp³-hybridized carbons (Fsp3) is 1.00. The van der Waals surface area contributed by atoms with Crippen LogP contribution < -0.4 is 11.7 Å². The van der Waals surface area contributed by atoms with Crippen LogP contribution >= 0.6 is 0 Å². The molecule has 0 rings (SSSR count). The van der Waals surface area contributed by atoms with E-state index in [1.165, 1.54) is 0 Å². The monoisotopic (exact) mass is 121 g/mol. The molecule has 0 saturated carbocycles. The van der Waals surface area contributed by atoms with E-state index in [1.54, 1.807) is 0 Å². The number of nitrogens with zero attached hydrogens (tertiary/aromatic N) is 1. The van der Waals surface area contributed by atoms with Crippen LogP contribution in [0.4, 0.5) is 0 Å². The van der Waals surface area contributed by atoms with Crippen molar-refractivity contribution >= 4 is 0 Å². The van der Waals surface area contributed by atoms with Crippen LogP contribution in [0.25, 0.3) is 0 Å². The van der Waals surface area contributed by atoms with Gasteiger partial charge in [-0.15, -0.1) is 0 Å². The van der Waals surface area contributed by atoms with E-state index in [9.17, 15) is 0 Å². The molecule has 4 heteroatoms. The number of aliphatic hydroxyl groups is 1. The van der Waals surface area contributed by atoms with E-state index in [2.05, 4.69) is 11.7 Å². The first-order chi connectivity index (χ1) is 3.77. The molecule has 8 heavy (non-hydrogen) atoms. The third-order valence-electron chi connectivity index (χ3n) is 0.547. The molecule has 0 aliphatic carbocycles. The molecule has 0 radical (unpaired) electrons. The topological polar surface area (TPSA) is 75.5 Å². The van der Waals surface area contributed by atoms with Crippen LogP contribution in [0.2, 0.25) is 0 Å². The summed E-state index contributed by atoms with van der Waals surface area (Å²) in [6.45, 7) is 1.02. The number of nitrogens with two attached hydrogens (primary N) is 2. The van der Waals surface area contributed by atoms with Crippen LogP contribution in [0, 0.1) is 0 Å². The maximum Gasteiger partial charge on any atom is 0.0558 e. The molecule has 0 bridgehead atoms. The second-order valence-electron chi connectivity index (χ2n) is 1.53. The molecule has 4 nitrogen and oxygen atoms in total. The van der Waals surface area contributed by atoms with Crippen LogP contribution in [0.1, 0.15) is 0 Å². The first kappa shape index (κ1) is 10.8. The summed E-state index contributed by atoms with van der Waals surface area (Å²) in [7, 11) is 3.85. The Morgan fingerprint density at radius 3 is 1.75 bits per heavy atom. The zero-order valence-corrected chi connectivity index (χ0v) is 5.46.